The van der Waals surface area contributed by atoms with E-state index in [2.05, 4.69) is 33.8 Å². The SMILES string of the molecule is C\C(=C/C=C/C=C/C(=O)C(C)(C)C)C(C)(C)C. The van der Waals surface area contributed by atoms with Crippen molar-refractivity contribution < 1.29 is 4.79 Å². The minimum absolute atomic E-state index is 0.152. The Labute approximate surface area is 106 Å². The number of hydrogen-bond acceptors (Lipinski definition) is 1. The van der Waals surface area contributed by atoms with Gasteiger partial charge in [0.2, 0.25) is 0 Å². The van der Waals surface area contributed by atoms with Crippen LogP contribution in [0.3, 0.4) is 0 Å². The van der Waals surface area contributed by atoms with Crippen LogP contribution in [0.4, 0.5) is 0 Å². The van der Waals surface area contributed by atoms with Gasteiger partial charge in [0.05, 0.1) is 0 Å². The molecule has 0 N–H and O–H groups in total. The first kappa shape index (κ1) is 15.9. The summed E-state index contributed by atoms with van der Waals surface area (Å²) in [6.45, 7) is 14.4. The highest BCUT2D eigenvalue weighted by molar-refractivity contribution is 5.94. The Morgan fingerprint density at radius 2 is 1.35 bits per heavy atom. The van der Waals surface area contributed by atoms with Gasteiger partial charge >= 0.3 is 0 Å². The molecule has 0 unspecified atom stereocenters. The quantitative estimate of drug-likeness (QED) is 0.510. The standard InChI is InChI=1S/C16H26O/c1-13(15(2,3)4)11-9-8-10-12-14(17)16(5,6)7/h8-12H,1-7H3/b9-8+,12-10+,13-11+. The Kier molecular flexibility index (Phi) is 5.60. The zero-order chi connectivity index (χ0) is 13.7. The molecule has 0 fully saturated rings. The second kappa shape index (κ2) is 6.00. The first-order valence-electron chi connectivity index (χ1n) is 6.11. The second-order valence-corrected chi connectivity index (χ2v) is 6.46. The third-order valence-corrected chi connectivity index (χ3v) is 2.74. The number of hydrogen-bond donors (Lipinski definition) is 0. The highest BCUT2D eigenvalue weighted by Crippen LogP contribution is 2.24. The van der Waals surface area contributed by atoms with Crippen LogP contribution in [-0.4, -0.2) is 5.78 Å². The van der Waals surface area contributed by atoms with Crippen LogP contribution < -0.4 is 0 Å². The molecule has 17 heavy (non-hydrogen) atoms. The first-order valence-corrected chi connectivity index (χ1v) is 6.11. The van der Waals surface area contributed by atoms with Crippen molar-refractivity contribution in [2.75, 3.05) is 0 Å². The summed E-state index contributed by atoms with van der Waals surface area (Å²) in [6.07, 6.45) is 9.41. The van der Waals surface area contributed by atoms with E-state index in [9.17, 15) is 4.79 Å². The Hall–Kier alpha value is -1.11. The van der Waals surface area contributed by atoms with Gasteiger partial charge in [0.25, 0.3) is 0 Å². The van der Waals surface area contributed by atoms with Crippen molar-refractivity contribution in [3.05, 3.63) is 36.0 Å². The van der Waals surface area contributed by atoms with Gasteiger partial charge in [-0.15, -0.1) is 0 Å². The van der Waals surface area contributed by atoms with Crippen LogP contribution in [0.1, 0.15) is 48.5 Å². The molecule has 1 heteroatoms. The molecule has 0 aromatic heterocycles. The van der Waals surface area contributed by atoms with Gasteiger partial charge in [-0.1, -0.05) is 71.4 Å². The van der Waals surface area contributed by atoms with E-state index in [1.165, 1.54) is 5.57 Å². The predicted octanol–water partition coefficient (Wildman–Crippen LogP) is 4.71. The Morgan fingerprint density at radius 1 is 0.824 bits per heavy atom. The Balaban J connectivity index is 4.42. The van der Waals surface area contributed by atoms with E-state index in [0.717, 1.165) is 0 Å². The van der Waals surface area contributed by atoms with E-state index in [4.69, 9.17) is 0 Å². The molecule has 0 aliphatic heterocycles. The third-order valence-electron chi connectivity index (χ3n) is 2.74. The highest BCUT2D eigenvalue weighted by Gasteiger charge is 2.17. The molecule has 0 amide bonds. The molecule has 0 radical (unpaired) electrons. The van der Waals surface area contributed by atoms with Crippen molar-refractivity contribution in [1.82, 2.24) is 0 Å². The number of carbonyl (C=O) groups is 1. The molecule has 0 aliphatic carbocycles. The van der Waals surface area contributed by atoms with Crippen molar-refractivity contribution in [1.29, 1.82) is 0 Å². The molecule has 0 aromatic rings. The van der Waals surface area contributed by atoms with E-state index in [1.807, 2.05) is 32.9 Å². The van der Waals surface area contributed by atoms with Gasteiger partial charge in [0.15, 0.2) is 5.78 Å². The van der Waals surface area contributed by atoms with Crippen LogP contribution in [-0.2, 0) is 4.79 Å². The maximum absolute atomic E-state index is 11.6. The summed E-state index contributed by atoms with van der Waals surface area (Å²) in [5.41, 5.74) is 1.24. The van der Waals surface area contributed by atoms with Crippen LogP contribution in [0, 0.1) is 10.8 Å². The first-order chi connectivity index (χ1) is 7.55. The van der Waals surface area contributed by atoms with Gasteiger partial charge in [-0.3, -0.25) is 4.79 Å². The summed E-state index contributed by atoms with van der Waals surface area (Å²) in [5.74, 6) is 0.152. The Morgan fingerprint density at radius 3 is 1.76 bits per heavy atom. The maximum atomic E-state index is 11.6. The lowest BCUT2D eigenvalue weighted by molar-refractivity contribution is -0.121. The normalized spacial score (nSPS) is 14.9. The second-order valence-electron chi connectivity index (χ2n) is 6.46. The average molecular weight is 234 g/mol. The Bertz CT molecular complexity index is 341. The van der Waals surface area contributed by atoms with E-state index in [0.29, 0.717) is 0 Å². The molecule has 0 rings (SSSR count). The maximum Gasteiger partial charge on any atom is 0.160 e. The molecular weight excluding hydrogens is 208 g/mol. The summed E-state index contributed by atoms with van der Waals surface area (Å²) in [6, 6.07) is 0. The van der Waals surface area contributed by atoms with Crippen molar-refractivity contribution in [3.8, 4) is 0 Å². The van der Waals surface area contributed by atoms with Crippen LogP contribution in [0.2, 0.25) is 0 Å². The van der Waals surface area contributed by atoms with Gasteiger partial charge in [0.1, 0.15) is 0 Å². The molecule has 96 valence electrons. The topological polar surface area (TPSA) is 17.1 Å². The lowest BCUT2D eigenvalue weighted by Gasteiger charge is -2.18. The fraction of sp³-hybridized carbons (Fsp3) is 0.562. The molecule has 0 saturated heterocycles. The van der Waals surface area contributed by atoms with Crippen LogP contribution in [0.25, 0.3) is 0 Å². The third kappa shape index (κ3) is 6.93. The highest BCUT2D eigenvalue weighted by atomic mass is 16.1. The van der Waals surface area contributed by atoms with E-state index >= 15 is 0 Å². The number of allylic oxidation sites excluding steroid dienone is 6. The summed E-state index contributed by atoms with van der Waals surface area (Å²) in [7, 11) is 0. The smallest absolute Gasteiger partial charge is 0.160 e. The van der Waals surface area contributed by atoms with Gasteiger partial charge in [0, 0.05) is 5.41 Å². The zero-order valence-electron chi connectivity index (χ0n) is 12.3. The molecule has 0 saturated carbocycles. The molecule has 0 aromatic carbocycles. The monoisotopic (exact) mass is 234 g/mol. The molecule has 0 spiro atoms. The zero-order valence-corrected chi connectivity index (χ0v) is 12.3. The lowest BCUT2D eigenvalue weighted by Crippen LogP contribution is -2.17. The van der Waals surface area contributed by atoms with Crippen molar-refractivity contribution in [2.24, 2.45) is 10.8 Å². The van der Waals surface area contributed by atoms with Crippen LogP contribution in [0.5, 0.6) is 0 Å². The number of ketones is 1. The summed E-state index contributed by atoms with van der Waals surface area (Å²) in [5, 5.41) is 0. The average Bonchev–Trinajstić information content (AvgIpc) is 2.13. The molecule has 0 heterocycles. The molecule has 1 nitrogen and oxygen atoms in total. The van der Waals surface area contributed by atoms with E-state index in [-0.39, 0.29) is 16.6 Å². The minimum atomic E-state index is -0.290. The van der Waals surface area contributed by atoms with Crippen molar-refractivity contribution in [2.45, 2.75) is 48.5 Å². The van der Waals surface area contributed by atoms with E-state index < -0.39 is 0 Å². The number of rotatable bonds is 3. The summed E-state index contributed by atoms with van der Waals surface area (Å²) in [4.78, 5) is 11.6. The minimum Gasteiger partial charge on any atom is -0.294 e. The van der Waals surface area contributed by atoms with Gasteiger partial charge in [-0.25, -0.2) is 0 Å². The number of carbonyl (C=O) groups excluding carboxylic acids is 1. The molecule has 0 bridgehead atoms. The predicted molar refractivity (Wildman–Crippen MR) is 76.0 cm³/mol. The molecular formula is C16H26O. The summed E-state index contributed by atoms with van der Waals surface area (Å²) >= 11 is 0. The molecule has 0 aliphatic rings. The fourth-order valence-electron chi connectivity index (χ4n) is 0.907. The van der Waals surface area contributed by atoms with E-state index in [1.54, 1.807) is 12.2 Å². The van der Waals surface area contributed by atoms with Gasteiger partial charge in [-0.05, 0) is 18.4 Å². The van der Waals surface area contributed by atoms with Gasteiger partial charge < -0.3 is 0 Å². The largest absolute Gasteiger partial charge is 0.294 e. The molecule has 0 atom stereocenters. The van der Waals surface area contributed by atoms with Crippen LogP contribution >= 0.6 is 0 Å². The van der Waals surface area contributed by atoms with Crippen molar-refractivity contribution in [3.63, 3.8) is 0 Å². The lowest BCUT2D eigenvalue weighted by atomic mass is 9.87. The van der Waals surface area contributed by atoms with Gasteiger partial charge in [-0.2, -0.15) is 0 Å². The van der Waals surface area contributed by atoms with Crippen LogP contribution in [0.15, 0.2) is 36.0 Å². The fourth-order valence-corrected chi connectivity index (χ4v) is 0.907. The van der Waals surface area contributed by atoms with Crippen molar-refractivity contribution >= 4 is 5.78 Å². The summed E-state index contributed by atoms with van der Waals surface area (Å²) < 4.78 is 0.